The van der Waals surface area contributed by atoms with Gasteiger partial charge in [0.1, 0.15) is 11.6 Å². The predicted molar refractivity (Wildman–Crippen MR) is 106 cm³/mol. The van der Waals surface area contributed by atoms with Gasteiger partial charge in [-0.05, 0) is 42.8 Å². The van der Waals surface area contributed by atoms with Gasteiger partial charge in [0.25, 0.3) is 0 Å². The Bertz CT molecular complexity index is 1030. The number of rotatable bonds is 7. The zero-order valence-corrected chi connectivity index (χ0v) is 16.2. The fourth-order valence-corrected chi connectivity index (χ4v) is 3.15. The van der Waals surface area contributed by atoms with Crippen molar-refractivity contribution in [1.82, 2.24) is 9.55 Å². The molecule has 0 bridgehead atoms. The lowest BCUT2D eigenvalue weighted by atomic mass is 10.1. The third-order valence-corrected chi connectivity index (χ3v) is 4.56. The third kappa shape index (κ3) is 4.51. The topological polar surface area (TPSA) is 70.4 Å². The van der Waals surface area contributed by atoms with Crippen molar-refractivity contribution in [2.45, 2.75) is 12.8 Å². The second-order valence-corrected chi connectivity index (χ2v) is 6.37. The Balaban J connectivity index is 1.87. The fraction of sp³-hybridized carbons (Fsp3) is 0.227. The van der Waals surface area contributed by atoms with Gasteiger partial charge in [0.15, 0.2) is 5.92 Å². The van der Waals surface area contributed by atoms with E-state index in [2.05, 4.69) is 14.5 Å². The molecule has 0 radical (unpaired) electrons. The van der Waals surface area contributed by atoms with Crippen LogP contribution in [0, 0.1) is 11.7 Å². The highest BCUT2D eigenvalue weighted by Crippen LogP contribution is 2.25. The number of pyridine rings is 1. The van der Waals surface area contributed by atoms with Crippen LogP contribution in [0.1, 0.15) is 12.1 Å². The third-order valence-electron chi connectivity index (χ3n) is 4.56. The summed E-state index contributed by atoms with van der Waals surface area (Å²) in [6.07, 6.45) is 5.93. The summed E-state index contributed by atoms with van der Waals surface area (Å²) in [6, 6.07) is 12.1. The molecule has 0 amide bonds. The quantitative estimate of drug-likeness (QED) is 0.347. The second kappa shape index (κ2) is 9.14. The monoisotopic (exact) mass is 396 g/mol. The molecule has 0 unspecified atom stereocenters. The summed E-state index contributed by atoms with van der Waals surface area (Å²) in [5.41, 5.74) is 1.61. The zero-order chi connectivity index (χ0) is 20.8. The van der Waals surface area contributed by atoms with E-state index in [0.29, 0.717) is 17.8 Å². The minimum Gasteiger partial charge on any atom is -0.468 e. The molecule has 1 aromatic carbocycles. The number of benzene rings is 1. The molecule has 2 heterocycles. The molecule has 0 aliphatic heterocycles. The smallest absolute Gasteiger partial charge is 0.320 e. The molecule has 150 valence electrons. The summed E-state index contributed by atoms with van der Waals surface area (Å²) in [7, 11) is 2.46. The van der Waals surface area contributed by atoms with Crippen molar-refractivity contribution in [3.05, 3.63) is 72.3 Å². The van der Waals surface area contributed by atoms with E-state index < -0.39 is 17.9 Å². The van der Waals surface area contributed by atoms with Gasteiger partial charge in [0.05, 0.1) is 19.7 Å². The summed E-state index contributed by atoms with van der Waals surface area (Å²) < 4.78 is 25.0. The average molecular weight is 396 g/mol. The molecule has 0 atom stereocenters. The van der Waals surface area contributed by atoms with Crippen molar-refractivity contribution in [3.8, 4) is 5.82 Å². The van der Waals surface area contributed by atoms with Gasteiger partial charge in [-0.15, -0.1) is 0 Å². The number of halogens is 1. The Labute approximate surface area is 167 Å². The van der Waals surface area contributed by atoms with Gasteiger partial charge < -0.3 is 9.47 Å². The minimum absolute atomic E-state index is 0.164. The van der Waals surface area contributed by atoms with E-state index in [-0.39, 0.29) is 12.2 Å². The number of hydrogen-bond acceptors (Lipinski definition) is 5. The van der Waals surface area contributed by atoms with Crippen LogP contribution in [0.15, 0.2) is 60.8 Å². The Morgan fingerprint density at radius 2 is 1.86 bits per heavy atom. The van der Waals surface area contributed by atoms with E-state index in [9.17, 15) is 14.0 Å². The largest absolute Gasteiger partial charge is 0.468 e. The zero-order valence-electron chi connectivity index (χ0n) is 16.2. The number of hydrogen-bond donors (Lipinski definition) is 0. The van der Waals surface area contributed by atoms with Crippen LogP contribution in [0.3, 0.4) is 0 Å². The van der Waals surface area contributed by atoms with Crippen molar-refractivity contribution in [3.63, 3.8) is 0 Å². The Morgan fingerprint density at radius 1 is 1.10 bits per heavy atom. The number of methoxy groups -OCH3 is 2. The number of nitrogens with zero attached hydrogens (tertiary/aromatic N) is 2. The maximum Gasteiger partial charge on any atom is 0.320 e. The lowest BCUT2D eigenvalue weighted by Crippen LogP contribution is -2.25. The Hall–Kier alpha value is -3.48. The molecule has 0 aliphatic carbocycles. The molecule has 0 N–H and O–H groups in total. The van der Waals surface area contributed by atoms with Gasteiger partial charge >= 0.3 is 11.9 Å². The number of esters is 2. The first-order valence-corrected chi connectivity index (χ1v) is 9.07. The van der Waals surface area contributed by atoms with E-state index in [0.717, 1.165) is 11.1 Å². The van der Waals surface area contributed by atoms with Gasteiger partial charge in [-0.25, -0.2) is 9.37 Å². The van der Waals surface area contributed by atoms with Gasteiger partial charge in [-0.1, -0.05) is 18.2 Å². The number of aromatic nitrogens is 2. The summed E-state index contributed by atoms with van der Waals surface area (Å²) in [5, 5.41) is 0.891. The fourth-order valence-electron chi connectivity index (χ4n) is 3.15. The lowest BCUT2D eigenvalue weighted by Gasteiger charge is -2.10. The minimum atomic E-state index is -1.00. The van der Waals surface area contributed by atoms with Crippen LogP contribution in [0.2, 0.25) is 0 Å². The van der Waals surface area contributed by atoms with Crippen LogP contribution in [-0.4, -0.2) is 35.7 Å². The maximum atomic E-state index is 13.8. The van der Waals surface area contributed by atoms with Gasteiger partial charge in [-0.2, -0.15) is 0 Å². The van der Waals surface area contributed by atoms with E-state index in [1.165, 1.54) is 26.4 Å². The molecule has 7 heteroatoms. The van der Waals surface area contributed by atoms with Crippen molar-refractivity contribution in [1.29, 1.82) is 0 Å². The van der Waals surface area contributed by atoms with E-state index in [1.54, 1.807) is 18.3 Å². The second-order valence-electron chi connectivity index (χ2n) is 6.37. The first-order chi connectivity index (χ1) is 14.0. The summed E-state index contributed by atoms with van der Waals surface area (Å²) >= 11 is 0. The molecule has 29 heavy (non-hydrogen) atoms. The number of allylic oxidation sites excluding steroid dienone is 2. The van der Waals surface area contributed by atoms with Crippen LogP contribution in [0.25, 0.3) is 16.7 Å². The van der Waals surface area contributed by atoms with Gasteiger partial charge in [0.2, 0.25) is 0 Å². The molecule has 3 aromatic rings. The number of fused-ring (bicyclic) bond motifs is 1. The highest BCUT2D eigenvalue weighted by atomic mass is 19.1. The Morgan fingerprint density at radius 3 is 2.52 bits per heavy atom. The molecule has 6 nitrogen and oxygen atoms in total. The summed E-state index contributed by atoms with van der Waals surface area (Å²) in [4.78, 5) is 27.9. The number of ether oxygens (including phenoxy) is 2. The van der Waals surface area contributed by atoms with Crippen LogP contribution in [-0.2, 0) is 25.5 Å². The predicted octanol–water partition coefficient (Wildman–Crippen LogP) is 3.62. The standard InChI is InChI=1S/C22H21FN2O4/c1-28-21(26)18(22(27)29-2)8-4-3-7-17-13-15-10-11-16(23)14-19(15)25(17)20-9-5-6-12-24-20/h3-6,9-14,18H,7-8H2,1-2H3/b4-3+. The van der Waals surface area contributed by atoms with Crippen molar-refractivity contribution in [2.75, 3.05) is 14.2 Å². The molecule has 2 aromatic heterocycles. The highest BCUT2D eigenvalue weighted by Gasteiger charge is 2.27. The number of carbonyl (C=O) groups excluding carboxylic acids is 2. The molecule has 0 aliphatic rings. The Kier molecular flexibility index (Phi) is 6.39. The molecule has 0 spiro atoms. The SMILES string of the molecule is COC(=O)C(C/C=C/Cc1cc2ccc(F)cc2n1-c1ccccn1)C(=O)OC. The van der Waals surface area contributed by atoms with Gasteiger partial charge in [0, 0.05) is 23.7 Å². The molecular weight excluding hydrogens is 375 g/mol. The molecule has 0 saturated heterocycles. The molecule has 0 fully saturated rings. The molecule has 3 rings (SSSR count). The van der Waals surface area contributed by atoms with Crippen LogP contribution in [0.5, 0.6) is 0 Å². The summed E-state index contributed by atoms with van der Waals surface area (Å²) in [6.45, 7) is 0. The van der Waals surface area contributed by atoms with Crippen molar-refractivity contribution >= 4 is 22.8 Å². The first kappa shape index (κ1) is 20.3. The molecular formula is C22H21FN2O4. The van der Waals surface area contributed by atoms with Gasteiger partial charge in [-0.3, -0.25) is 14.2 Å². The lowest BCUT2D eigenvalue weighted by molar-refractivity contribution is -0.158. The summed E-state index contributed by atoms with van der Waals surface area (Å²) in [5.74, 6) is -1.93. The number of carbonyl (C=O) groups is 2. The van der Waals surface area contributed by atoms with E-state index in [4.69, 9.17) is 0 Å². The van der Waals surface area contributed by atoms with Crippen LogP contribution in [0.4, 0.5) is 4.39 Å². The molecule has 0 saturated carbocycles. The first-order valence-electron chi connectivity index (χ1n) is 9.07. The normalized spacial score (nSPS) is 11.3. The van der Waals surface area contributed by atoms with Crippen LogP contribution < -0.4 is 0 Å². The van der Waals surface area contributed by atoms with Crippen LogP contribution >= 0.6 is 0 Å². The van der Waals surface area contributed by atoms with Crippen molar-refractivity contribution in [2.24, 2.45) is 5.92 Å². The average Bonchev–Trinajstić information content (AvgIpc) is 3.10. The van der Waals surface area contributed by atoms with Crippen molar-refractivity contribution < 1.29 is 23.5 Å². The van der Waals surface area contributed by atoms with E-state index >= 15 is 0 Å². The maximum absolute atomic E-state index is 13.8. The highest BCUT2D eigenvalue weighted by molar-refractivity contribution is 5.95. The van der Waals surface area contributed by atoms with E-state index in [1.807, 2.05) is 34.9 Å².